The summed E-state index contributed by atoms with van der Waals surface area (Å²) in [5, 5.41) is 2.84. The SMILES string of the molecule is NCCc1cccc(C(=O)NCc2ccoc2)c1. The van der Waals surface area contributed by atoms with Crippen LogP contribution < -0.4 is 11.1 Å². The smallest absolute Gasteiger partial charge is 0.251 e. The molecule has 0 unspecified atom stereocenters. The van der Waals surface area contributed by atoms with Gasteiger partial charge in [0.2, 0.25) is 0 Å². The van der Waals surface area contributed by atoms with Gasteiger partial charge in [0.15, 0.2) is 0 Å². The summed E-state index contributed by atoms with van der Waals surface area (Å²) in [4.78, 5) is 11.9. The van der Waals surface area contributed by atoms with Gasteiger partial charge in [-0.3, -0.25) is 4.79 Å². The molecule has 0 fully saturated rings. The number of amides is 1. The average molecular weight is 244 g/mol. The molecule has 1 aromatic carbocycles. The van der Waals surface area contributed by atoms with Crippen molar-refractivity contribution < 1.29 is 9.21 Å². The van der Waals surface area contributed by atoms with Gasteiger partial charge in [0.05, 0.1) is 12.5 Å². The molecule has 2 aromatic rings. The zero-order valence-electron chi connectivity index (χ0n) is 10.1. The van der Waals surface area contributed by atoms with Crippen molar-refractivity contribution in [2.75, 3.05) is 6.54 Å². The minimum atomic E-state index is -0.0879. The standard InChI is InChI=1S/C14H16N2O2/c15-6-4-11-2-1-3-13(8-11)14(17)16-9-12-5-7-18-10-12/h1-3,5,7-8,10H,4,6,9,15H2,(H,16,17). The maximum absolute atomic E-state index is 11.9. The number of rotatable bonds is 5. The summed E-state index contributed by atoms with van der Waals surface area (Å²) in [6, 6.07) is 9.34. The van der Waals surface area contributed by atoms with E-state index in [1.807, 2.05) is 24.3 Å². The first-order valence-electron chi connectivity index (χ1n) is 5.88. The number of furan rings is 1. The van der Waals surface area contributed by atoms with Crippen LogP contribution >= 0.6 is 0 Å². The van der Waals surface area contributed by atoms with E-state index in [4.69, 9.17) is 10.2 Å². The van der Waals surface area contributed by atoms with Crippen LogP contribution in [0.1, 0.15) is 21.5 Å². The van der Waals surface area contributed by atoms with Crippen molar-refractivity contribution in [3.8, 4) is 0 Å². The van der Waals surface area contributed by atoms with Crippen molar-refractivity contribution in [3.05, 3.63) is 59.5 Å². The Kier molecular flexibility index (Phi) is 4.15. The maximum atomic E-state index is 11.9. The number of hydrogen-bond donors (Lipinski definition) is 2. The Bertz CT molecular complexity index is 506. The number of hydrogen-bond acceptors (Lipinski definition) is 3. The molecule has 2 rings (SSSR count). The van der Waals surface area contributed by atoms with Crippen LogP contribution in [0.4, 0.5) is 0 Å². The summed E-state index contributed by atoms with van der Waals surface area (Å²) in [5.41, 5.74) is 8.18. The molecule has 0 aliphatic carbocycles. The van der Waals surface area contributed by atoms with Crippen LogP contribution in [-0.4, -0.2) is 12.5 Å². The Morgan fingerprint density at radius 2 is 2.17 bits per heavy atom. The first-order valence-corrected chi connectivity index (χ1v) is 5.88. The molecular weight excluding hydrogens is 228 g/mol. The third-order valence-corrected chi connectivity index (χ3v) is 2.66. The van der Waals surface area contributed by atoms with Gasteiger partial charge in [0, 0.05) is 17.7 Å². The molecule has 94 valence electrons. The third-order valence-electron chi connectivity index (χ3n) is 2.66. The van der Waals surface area contributed by atoms with Crippen molar-refractivity contribution in [2.24, 2.45) is 5.73 Å². The van der Waals surface area contributed by atoms with Crippen LogP contribution in [0.5, 0.6) is 0 Å². The molecule has 1 heterocycles. The Hall–Kier alpha value is -2.07. The van der Waals surface area contributed by atoms with E-state index in [-0.39, 0.29) is 5.91 Å². The topological polar surface area (TPSA) is 68.3 Å². The minimum Gasteiger partial charge on any atom is -0.472 e. The second-order valence-corrected chi connectivity index (χ2v) is 4.05. The lowest BCUT2D eigenvalue weighted by Gasteiger charge is -2.05. The maximum Gasteiger partial charge on any atom is 0.251 e. The van der Waals surface area contributed by atoms with Crippen LogP contribution in [0.3, 0.4) is 0 Å². The normalized spacial score (nSPS) is 10.3. The number of benzene rings is 1. The average Bonchev–Trinajstić information content (AvgIpc) is 2.90. The molecule has 4 heteroatoms. The summed E-state index contributed by atoms with van der Waals surface area (Å²) in [6.07, 6.45) is 3.98. The molecule has 0 radical (unpaired) electrons. The molecule has 0 atom stereocenters. The molecule has 4 nitrogen and oxygen atoms in total. The highest BCUT2D eigenvalue weighted by Gasteiger charge is 2.06. The van der Waals surface area contributed by atoms with Gasteiger partial charge in [-0.25, -0.2) is 0 Å². The zero-order chi connectivity index (χ0) is 12.8. The van der Waals surface area contributed by atoms with Crippen molar-refractivity contribution in [2.45, 2.75) is 13.0 Å². The van der Waals surface area contributed by atoms with Gasteiger partial charge in [-0.05, 0) is 36.7 Å². The molecule has 0 aliphatic rings. The molecule has 1 aromatic heterocycles. The second kappa shape index (κ2) is 6.02. The summed E-state index contributed by atoms with van der Waals surface area (Å²) in [7, 11) is 0. The summed E-state index contributed by atoms with van der Waals surface area (Å²) >= 11 is 0. The lowest BCUT2D eigenvalue weighted by Crippen LogP contribution is -2.22. The van der Waals surface area contributed by atoms with Crippen molar-refractivity contribution >= 4 is 5.91 Å². The minimum absolute atomic E-state index is 0.0879. The molecule has 0 saturated heterocycles. The van der Waals surface area contributed by atoms with Crippen LogP contribution in [0, 0.1) is 0 Å². The molecule has 18 heavy (non-hydrogen) atoms. The zero-order valence-corrected chi connectivity index (χ0v) is 10.1. The van der Waals surface area contributed by atoms with Gasteiger partial charge in [0.25, 0.3) is 5.91 Å². The molecule has 0 bridgehead atoms. The van der Waals surface area contributed by atoms with E-state index in [9.17, 15) is 4.79 Å². The van der Waals surface area contributed by atoms with E-state index >= 15 is 0 Å². The van der Waals surface area contributed by atoms with Gasteiger partial charge >= 0.3 is 0 Å². The fourth-order valence-electron chi connectivity index (χ4n) is 1.71. The van der Waals surface area contributed by atoms with Crippen LogP contribution in [0.2, 0.25) is 0 Å². The van der Waals surface area contributed by atoms with Gasteiger partial charge < -0.3 is 15.5 Å². The lowest BCUT2D eigenvalue weighted by atomic mass is 10.1. The summed E-state index contributed by atoms with van der Waals surface area (Å²) < 4.78 is 4.94. The van der Waals surface area contributed by atoms with Crippen LogP contribution in [0.15, 0.2) is 47.3 Å². The number of carbonyl (C=O) groups is 1. The van der Waals surface area contributed by atoms with E-state index in [1.165, 1.54) is 0 Å². The van der Waals surface area contributed by atoms with Crippen molar-refractivity contribution in [3.63, 3.8) is 0 Å². The summed E-state index contributed by atoms with van der Waals surface area (Å²) in [5.74, 6) is -0.0879. The van der Waals surface area contributed by atoms with E-state index in [0.29, 0.717) is 18.7 Å². The monoisotopic (exact) mass is 244 g/mol. The van der Waals surface area contributed by atoms with Crippen molar-refractivity contribution in [1.82, 2.24) is 5.32 Å². The lowest BCUT2D eigenvalue weighted by molar-refractivity contribution is 0.0951. The Morgan fingerprint density at radius 1 is 1.28 bits per heavy atom. The Balaban J connectivity index is 1.97. The second-order valence-electron chi connectivity index (χ2n) is 4.05. The highest BCUT2D eigenvalue weighted by molar-refractivity contribution is 5.94. The Labute approximate surface area is 106 Å². The highest BCUT2D eigenvalue weighted by atomic mass is 16.3. The van der Waals surface area contributed by atoms with Gasteiger partial charge in [-0.15, -0.1) is 0 Å². The summed E-state index contributed by atoms with van der Waals surface area (Å²) in [6.45, 7) is 1.05. The first kappa shape index (κ1) is 12.4. The number of carbonyl (C=O) groups excluding carboxylic acids is 1. The molecule has 0 saturated carbocycles. The number of nitrogens with one attached hydrogen (secondary N) is 1. The quantitative estimate of drug-likeness (QED) is 0.841. The van der Waals surface area contributed by atoms with Gasteiger partial charge in [0.1, 0.15) is 0 Å². The molecule has 3 N–H and O–H groups in total. The van der Waals surface area contributed by atoms with Crippen LogP contribution in [0.25, 0.3) is 0 Å². The largest absolute Gasteiger partial charge is 0.472 e. The van der Waals surface area contributed by atoms with E-state index < -0.39 is 0 Å². The number of nitrogens with two attached hydrogens (primary N) is 1. The van der Waals surface area contributed by atoms with Gasteiger partial charge in [-0.1, -0.05) is 12.1 Å². The molecular formula is C14H16N2O2. The fourth-order valence-corrected chi connectivity index (χ4v) is 1.71. The van der Waals surface area contributed by atoms with E-state index in [1.54, 1.807) is 18.6 Å². The molecule has 0 spiro atoms. The predicted molar refractivity (Wildman–Crippen MR) is 69.1 cm³/mol. The van der Waals surface area contributed by atoms with E-state index in [0.717, 1.165) is 17.5 Å². The fraction of sp³-hybridized carbons (Fsp3) is 0.214. The molecule has 0 aliphatic heterocycles. The van der Waals surface area contributed by atoms with E-state index in [2.05, 4.69) is 5.32 Å². The Morgan fingerprint density at radius 3 is 2.89 bits per heavy atom. The highest BCUT2D eigenvalue weighted by Crippen LogP contribution is 2.06. The first-order chi connectivity index (χ1) is 8.79. The molecule has 1 amide bonds. The predicted octanol–water partition coefficient (Wildman–Crippen LogP) is 1.71. The van der Waals surface area contributed by atoms with Gasteiger partial charge in [-0.2, -0.15) is 0 Å². The third kappa shape index (κ3) is 3.21. The van der Waals surface area contributed by atoms with Crippen molar-refractivity contribution in [1.29, 1.82) is 0 Å². The van der Waals surface area contributed by atoms with Crippen LogP contribution in [-0.2, 0) is 13.0 Å².